The van der Waals surface area contributed by atoms with E-state index in [-0.39, 0.29) is 11.8 Å². The lowest BCUT2D eigenvalue weighted by Gasteiger charge is -2.15. The van der Waals surface area contributed by atoms with Crippen molar-refractivity contribution in [3.8, 4) is 0 Å². The molecule has 18 heavy (non-hydrogen) atoms. The van der Waals surface area contributed by atoms with Crippen molar-refractivity contribution in [3.05, 3.63) is 17.0 Å². The highest BCUT2D eigenvalue weighted by Crippen LogP contribution is 2.27. The van der Waals surface area contributed by atoms with Gasteiger partial charge in [0.05, 0.1) is 0 Å². The molecule has 0 fully saturated rings. The van der Waals surface area contributed by atoms with Gasteiger partial charge in [0.1, 0.15) is 17.3 Å². The van der Waals surface area contributed by atoms with Gasteiger partial charge in [0, 0.05) is 32.6 Å². The van der Waals surface area contributed by atoms with E-state index in [1.807, 2.05) is 13.8 Å². The lowest BCUT2D eigenvalue weighted by molar-refractivity contribution is -0.128. The molecule has 0 spiro atoms. The Morgan fingerprint density at radius 3 is 2.67 bits per heavy atom. The molecule has 6 heteroatoms. The number of carbonyl (C=O) groups is 1. The standard InChI is InChI=1S/C12H19ClN4O/c1-8(2)10-11(13)15-7-16-12(10)14-6-5-9(18)17(3)4/h7-8H,5-6H2,1-4H3,(H,14,15,16). The quantitative estimate of drug-likeness (QED) is 0.833. The van der Waals surface area contributed by atoms with Crippen molar-refractivity contribution in [2.75, 3.05) is 26.0 Å². The Labute approximate surface area is 113 Å². The van der Waals surface area contributed by atoms with Crippen LogP contribution in [0, 0.1) is 0 Å². The molecule has 0 radical (unpaired) electrons. The van der Waals surface area contributed by atoms with Gasteiger partial charge in [0.2, 0.25) is 5.91 Å². The van der Waals surface area contributed by atoms with Gasteiger partial charge in [0.15, 0.2) is 0 Å². The van der Waals surface area contributed by atoms with Crippen LogP contribution in [-0.4, -0.2) is 41.4 Å². The molecule has 0 bridgehead atoms. The summed E-state index contributed by atoms with van der Waals surface area (Å²) >= 11 is 6.05. The SMILES string of the molecule is CC(C)c1c(Cl)ncnc1NCCC(=O)N(C)C. The van der Waals surface area contributed by atoms with Gasteiger partial charge >= 0.3 is 0 Å². The highest BCUT2D eigenvalue weighted by Gasteiger charge is 2.13. The Kier molecular flexibility index (Phi) is 5.34. The summed E-state index contributed by atoms with van der Waals surface area (Å²) in [4.78, 5) is 21.2. The van der Waals surface area contributed by atoms with E-state index >= 15 is 0 Å². The average Bonchev–Trinajstić information content (AvgIpc) is 2.28. The van der Waals surface area contributed by atoms with Gasteiger partial charge in [-0.25, -0.2) is 9.97 Å². The van der Waals surface area contributed by atoms with E-state index in [9.17, 15) is 4.79 Å². The van der Waals surface area contributed by atoms with E-state index in [1.54, 1.807) is 19.0 Å². The summed E-state index contributed by atoms with van der Waals surface area (Å²) in [6.45, 7) is 4.59. The number of hydrogen-bond donors (Lipinski definition) is 1. The minimum absolute atomic E-state index is 0.0775. The Bertz CT molecular complexity index is 421. The Morgan fingerprint density at radius 2 is 2.11 bits per heavy atom. The first kappa shape index (κ1) is 14.7. The van der Waals surface area contributed by atoms with Gasteiger partial charge in [-0.15, -0.1) is 0 Å². The number of aromatic nitrogens is 2. The molecule has 1 amide bonds. The zero-order valence-corrected chi connectivity index (χ0v) is 12.0. The lowest BCUT2D eigenvalue weighted by atomic mass is 10.1. The first-order valence-corrected chi connectivity index (χ1v) is 6.25. The largest absolute Gasteiger partial charge is 0.369 e. The van der Waals surface area contributed by atoms with Gasteiger partial charge in [-0.3, -0.25) is 4.79 Å². The zero-order valence-electron chi connectivity index (χ0n) is 11.2. The molecule has 0 aliphatic carbocycles. The van der Waals surface area contributed by atoms with Crippen LogP contribution in [0.25, 0.3) is 0 Å². The van der Waals surface area contributed by atoms with Crippen LogP contribution in [0.15, 0.2) is 6.33 Å². The predicted molar refractivity (Wildman–Crippen MR) is 72.9 cm³/mol. The monoisotopic (exact) mass is 270 g/mol. The number of nitrogens with zero attached hydrogens (tertiary/aromatic N) is 3. The van der Waals surface area contributed by atoms with Crippen LogP contribution in [0.5, 0.6) is 0 Å². The van der Waals surface area contributed by atoms with Crippen molar-refractivity contribution in [2.24, 2.45) is 0 Å². The normalized spacial score (nSPS) is 10.6. The molecule has 0 aliphatic heterocycles. The molecule has 0 saturated heterocycles. The molecule has 1 N–H and O–H groups in total. The fourth-order valence-electron chi connectivity index (χ4n) is 1.54. The van der Waals surface area contributed by atoms with Crippen LogP contribution >= 0.6 is 11.6 Å². The van der Waals surface area contributed by atoms with Crippen LogP contribution in [0.4, 0.5) is 5.82 Å². The van der Waals surface area contributed by atoms with Crippen molar-refractivity contribution in [1.29, 1.82) is 0 Å². The summed E-state index contributed by atoms with van der Waals surface area (Å²) in [5, 5.41) is 3.60. The van der Waals surface area contributed by atoms with Crippen molar-refractivity contribution in [1.82, 2.24) is 14.9 Å². The molecule has 1 heterocycles. The highest BCUT2D eigenvalue weighted by molar-refractivity contribution is 6.30. The van der Waals surface area contributed by atoms with Crippen LogP contribution in [-0.2, 0) is 4.79 Å². The third-order valence-electron chi connectivity index (χ3n) is 2.54. The Hall–Kier alpha value is -1.36. The van der Waals surface area contributed by atoms with Gasteiger partial charge < -0.3 is 10.2 Å². The van der Waals surface area contributed by atoms with Crippen molar-refractivity contribution < 1.29 is 4.79 Å². The van der Waals surface area contributed by atoms with Crippen molar-refractivity contribution in [3.63, 3.8) is 0 Å². The van der Waals surface area contributed by atoms with Crippen LogP contribution < -0.4 is 5.32 Å². The van der Waals surface area contributed by atoms with Crippen molar-refractivity contribution >= 4 is 23.3 Å². The zero-order chi connectivity index (χ0) is 13.7. The van der Waals surface area contributed by atoms with E-state index in [0.717, 1.165) is 5.56 Å². The summed E-state index contributed by atoms with van der Waals surface area (Å²) < 4.78 is 0. The third kappa shape index (κ3) is 3.84. The number of rotatable bonds is 5. The maximum absolute atomic E-state index is 11.4. The molecule has 0 unspecified atom stereocenters. The summed E-state index contributed by atoms with van der Waals surface area (Å²) in [6.07, 6.45) is 1.84. The lowest BCUT2D eigenvalue weighted by Crippen LogP contribution is -2.24. The molecular weight excluding hydrogens is 252 g/mol. The van der Waals surface area contributed by atoms with Gasteiger partial charge in [-0.05, 0) is 5.92 Å². The highest BCUT2D eigenvalue weighted by atomic mass is 35.5. The molecule has 0 atom stereocenters. The minimum atomic E-state index is 0.0775. The first-order chi connectivity index (χ1) is 8.43. The fraction of sp³-hybridized carbons (Fsp3) is 0.583. The maximum Gasteiger partial charge on any atom is 0.223 e. The van der Waals surface area contributed by atoms with Crippen molar-refractivity contribution in [2.45, 2.75) is 26.2 Å². The number of anilines is 1. The smallest absolute Gasteiger partial charge is 0.223 e. The van der Waals surface area contributed by atoms with Crippen LogP contribution in [0.1, 0.15) is 31.7 Å². The predicted octanol–water partition coefficient (Wildman–Crippen LogP) is 2.14. The fourth-order valence-corrected chi connectivity index (χ4v) is 1.89. The number of amides is 1. The average molecular weight is 271 g/mol. The number of halogens is 1. The molecular formula is C12H19ClN4O. The number of nitrogens with one attached hydrogen (secondary N) is 1. The molecule has 0 aliphatic rings. The molecule has 100 valence electrons. The number of carbonyl (C=O) groups excluding carboxylic acids is 1. The van der Waals surface area contributed by atoms with Gasteiger partial charge in [-0.2, -0.15) is 0 Å². The summed E-state index contributed by atoms with van der Waals surface area (Å²) in [7, 11) is 3.48. The molecule has 1 aromatic heterocycles. The van der Waals surface area contributed by atoms with E-state index in [0.29, 0.717) is 23.9 Å². The van der Waals surface area contributed by atoms with E-state index in [1.165, 1.54) is 6.33 Å². The topological polar surface area (TPSA) is 58.1 Å². The summed E-state index contributed by atoms with van der Waals surface area (Å²) in [5.41, 5.74) is 0.886. The molecule has 1 rings (SSSR count). The second kappa shape index (κ2) is 6.54. The van der Waals surface area contributed by atoms with Crippen LogP contribution in [0.2, 0.25) is 5.15 Å². The van der Waals surface area contributed by atoms with Gasteiger partial charge in [0.25, 0.3) is 0 Å². The Morgan fingerprint density at radius 1 is 1.44 bits per heavy atom. The molecule has 1 aromatic rings. The Balaban J connectivity index is 2.68. The third-order valence-corrected chi connectivity index (χ3v) is 2.84. The minimum Gasteiger partial charge on any atom is -0.369 e. The first-order valence-electron chi connectivity index (χ1n) is 5.88. The maximum atomic E-state index is 11.4. The number of hydrogen-bond acceptors (Lipinski definition) is 4. The summed E-state index contributed by atoms with van der Waals surface area (Å²) in [5.74, 6) is 1.01. The molecule has 0 saturated carbocycles. The molecule has 5 nitrogen and oxygen atoms in total. The van der Waals surface area contributed by atoms with E-state index < -0.39 is 0 Å². The second-order valence-corrected chi connectivity index (χ2v) is 4.90. The summed E-state index contributed by atoms with van der Waals surface area (Å²) in [6, 6.07) is 0. The van der Waals surface area contributed by atoms with Gasteiger partial charge in [-0.1, -0.05) is 25.4 Å². The van der Waals surface area contributed by atoms with E-state index in [4.69, 9.17) is 11.6 Å². The second-order valence-electron chi connectivity index (χ2n) is 4.55. The molecule has 0 aromatic carbocycles. The van der Waals surface area contributed by atoms with Crippen LogP contribution in [0.3, 0.4) is 0 Å². The van der Waals surface area contributed by atoms with E-state index in [2.05, 4.69) is 15.3 Å².